The Hall–Kier alpha value is -1.73. The Labute approximate surface area is 95.2 Å². The Kier molecular flexibility index (Phi) is 4.15. The maximum absolute atomic E-state index is 11.6. The minimum Gasteiger partial charge on any atom is -0.464 e. The summed E-state index contributed by atoms with van der Waals surface area (Å²) >= 11 is 0. The largest absolute Gasteiger partial charge is 0.464 e. The van der Waals surface area contributed by atoms with Crippen molar-refractivity contribution < 1.29 is 9.21 Å². The second-order valence-corrected chi connectivity index (χ2v) is 3.69. The van der Waals surface area contributed by atoms with Gasteiger partial charge in [0.15, 0.2) is 0 Å². The van der Waals surface area contributed by atoms with E-state index in [0.717, 1.165) is 5.76 Å². The molecule has 0 aliphatic carbocycles. The molecule has 2 atom stereocenters. The van der Waals surface area contributed by atoms with E-state index < -0.39 is 6.04 Å². The topological polar surface area (TPSA) is 68.3 Å². The molecule has 0 aliphatic rings. The van der Waals surface area contributed by atoms with E-state index in [0.29, 0.717) is 5.76 Å². The van der Waals surface area contributed by atoms with Gasteiger partial charge in [-0.15, -0.1) is 12.3 Å². The molecular weight excluding hydrogens is 204 g/mol. The monoisotopic (exact) mass is 220 g/mol. The van der Waals surface area contributed by atoms with E-state index in [9.17, 15) is 4.79 Å². The van der Waals surface area contributed by atoms with Gasteiger partial charge in [0.1, 0.15) is 11.5 Å². The second kappa shape index (κ2) is 5.38. The van der Waals surface area contributed by atoms with Gasteiger partial charge in [-0.25, -0.2) is 0 Å². The van der Waals surface area contributed by atoms with Crippen molar-refractivity contribution >= 4 is 5.91 Å². The number of terminal acetylenes is 1. The summed E-state index contributed by atoms with van der Waals surface area (Å²) in [5.41, 5.74) is 5.57. The van der Waals surface area contributed by atoms with Crippen molar-refractivity contribution in [3.8, 4) is 12.3 Å². The molecule has 86 valence electrons. The number of rotatable bonds is 4. The fraction of sp³-hybridized carbons (Fsp3) is 0.417. The Morgan fingerprint density at radius 2 is 2.38 bits per heavy atom. The van der Waals surface area contributed by atoms with Crippen molar-refractivity contribution in [3.63, 3.8) is 0 Å². The van der Waals surface area contributed by atoms with Crippen molar-refractivity contribution in [2.45, 2.75) is 32.4 Å². The first kappa shape index (κ1) is 12.3. The van der Waals surface area contributed by atoms with Crippen molar-refractivity contribution in [1.82, 2.24) is 5.32 Å². The molecule has 3 N–H and O–H groups in total. The summed E-state index contributed by atoms with van der Waals surface area (Å²) in [6.45, 7) is 3.68. The van der Waals surface area contributed by atoms with Gasteiger partial charge in [-0.3, -0.25) is 4.79 Å². The molecule has 1 amide bonds. The SMILES string of the molecule is C#CCC(N)C(=O)NC(C)c1ccc(C)o1. The van der Waals surface area contributed by atoms with Crippen LogP contribution in [0, 0.1) is 19.3 Å². The third-order valence-corrected chi connectivity index (χ3v) is 2.22. The molecule has 1 aromatic heterocycles. The van der Waals surface area contributed by atoms with Crippen molar-refractivity contribution in [3.05, 3.63) is 23.7 Å². The lowest BCUT2D eigenvalue weighted by atomic mass is 10.2. The van der Waals surface area contributed by atoms with Crippen LogP contribution in [-0.4, -0.2) is 11.9 Å². The first-order chi connectivity index (χ1) is 7.54. The smallest absolute Gasteiger partial charge is 0.238 e. The molecule has 2 unspecified atom stereocenters. The Morgan fingerprint density at radius 1 is 1.69 bits per heavy atom. The molecule has 1 aromatic rings. The number of hydrogen-bond acceptors (Lipinski definition) is 3. The van der Waals surface area contributed by atoms with Crippen molar-refractivity contribution in [2.75, 3.05) is 0 Å². The van der Waals surface area contributed by atoms with Crippen LogP contribution in [0.5, 0.6) is 0 Å². The molecule has 0 radical (unpaired) electrons. The van der Waals surface area contributed by atoms with E-state index in [1.807, 2.05) is 26.0 Å². The normalized spacial score (nSPS) is 13.9. The number of aryl methyl sites for hydroxylation is 1. The molecule has 0 bridgehead atoms. The number of furan rings is 1. The van der Waals surface area contributed by atoms with Gasteiger partial charge >= 0.3 is 0 Å². The van der Waals surface area contributed by atoms with Gasteiger partial charge in [-0.2, -0.15) is 0 Å². The lowest BCUT2D eigenvalue weighted by Gasteiger charge is -2.14. The quantitative estimate of drug-likeness (QED) is 0.747. The molecular formula is C12H16N2O2. The highest BCUT2D eigenvalue weighted by Gasteiger charge is 2.17. The molecule has 0 saturated carbocycles. The van der Waals surface area contributed by atoms with Crippen molar-refractivity contribution in [2.24, 2.45) is 5.73 Å². The molecule has 0 spiro atoms. The first-order valence-corrected chi connectivity index (χ1v) is 5.10. The Bertz CT molecular complexity index is 403. The number of carbonyl (C=O) groups is 1. The summed E-state index contributed by atoms with van der Waals surface area (Å²) in [6.07, 6.45) is 5.32. The summed E-state index contributed by atoms with van der Waals surface area (Å²) in [7, 11) is 0. The van der Waals surface area contributed by atoms with Gasteiger partial charge in [0.2, 0.25) is 5.91 Å². The van der Waals surface area contributed by atoms with Gasteiger partial charge < -0.3 is 15.5 Å². The lowest BCUT2D eigenvalue weighted by Crippen LogP contribution is -2.41. The Balaban J connectivity index is 2.55. The average molecular weight is 220 g/mol. The number of carbonyl (C=O) groups excluding carboxylic acids is 1. The fourth-order valence-electron chi connectivity index (χ4n) is 1.30. The molecule has 4 heteroatoms. The molecule has 0 saturated heterocycles. The zero-order valence-corrected chi connectivity index (χ0v) is 9.49. The summed E-state index contributed by atoms with van der Waals surface area (Å²) < 4.78 is 5.39. The molecule has 4 nitrogen and oxygen atoms in total. The fourth-order valence-corrected chi connectivity index (χ4v) is 1.30. The average Bonchev–Trinajstić information content (AvgIpc) is 2.65. The second-order valence-electron chi connectivity index (χ2n) is 3.69. The third-order valence-electron chi connectivity index (χ3n) is 2.22. The minimum atomic E-state index is -0.663. The maximum Gasteiger partial charge on any atom is 0.238 e. The highest BCUT2D eigenvalue weighted by molar-refractivity contribution is 5.82. The minimum absolute atomic E-state index is 0.204. The number of amides is 1. The van der Waals surface area contributed by atoms with E-state index >= 15 is 0 Å². The van der Waals surface area contributed by atoms with Crippen LogP contribution in [0.15, 0.2) is 16.5 Å². The van der Waals surface area contributed by atoms with Gasteiger partial charge in [-0.1, -0.05) is 0 Å². The highest BCUT2D eigenvalue weighted by Crippen LogP contribution is 2.15. The van der Waals surface area contributed by atoms with Gasteiger partial charge in [-0.05, 0) is 26.0 Å². The van der Waals surface area contributed by atoms with Crippen LogP contribution < -0.4 is 11.1 Å². The third kappa shape index (κ3) is 3.14. The van der Waals surface area contributed by atoms with Gasteiger partial charge in [0.05, 0.1) is 12.1 Å². The number of nitrogens with one attached hydrogen (secondary N) is 1. The predicted octanol–water partition coefficient (Wildman–Crippen LogP) is 1.12. The van der Waals surface area contributed by atoms with E-state index in [-0.39, 0.29) is 18.4 Å². The van der Waals surface area contributed by atoms with Crippen LogP contribution in [-0.2, 0) is 4.79 Å². The summed E-state index contributed by atoms with van der Waals surface area (Å²) in [5.74, 6) is 3.61. The lowest BCUT2D eigenvalue weighted by molar-refractivity contribution is -0.123. The maximum atomic E-state index is 11.6. The molecule has 0 aromatic carbocycles. The van der Waals surface area contributed by atoms with Crippen LogP contribution in [0.3, 0.4) is 0 Å². The van der Waals surface area contributed by atoms with Crippen LogP contribution in [0.1, 0.15) is 30.9 Å². The van der Waals surface area contributed by atoms with E-state index in [1.165, 1.54) is 0 Å². The van der Waals surface area contributed by atoms with Crippen LogP contribution in [0.2, 0.25) is 0 Å². The van der Waals surface area contributed by atoms with Crippen LogP contribution in [0.4, 0.5) is 0 Å². The van der Waals surface area contributed by atoms with Crippen LogP contribution >= 0.6 is 0 Å². The summed E-state index contributed by atoms with van der Waals surface area (Å²) in [4.78, 5) is 11.6. The summed E-state index contributed by atoms with van der Waals surface area (Å²) in [6, 6.07) is 2.81. The standard InChI is InChI=1S/C12H16N2O2/c1-4-5-10(13)12(15)14-9(3)11-7-6-8(2)16-11/h1,6-7,9-10H,5,13H2,2-3H3,(H,14,15). The van der Waals surface area contributed by atoms with E-state index in [1.54, 1.807) is 0 Å². The molecule has 16 heavy (non-hydrogen) atoms. The predicted molar refractivity (Wildman–Crippen MR) is 61.4 cm³/mol. The number of nitrogens with two attached hydrogens (primary N) is 1. The molecule has 0 fully saturated rings. The first-order valence-electron chi connectivity index (χ1n) is 5.10. The zero-order valence-electron chi connectivity index (χ0n) is 9.49. The van der Waals surface area contributed by atoms with E-state index in [4.69, 9.17) is 16.6 Å². The Morgan fingerprint density at radius 3 is 2.88 bits per heavy atom. The highest BCUT2D eigenvalue weighted by atomic mass is 16.3. The van der Waals surface area contributed by atoms with Gasteiger partial charge in [0.25, 0.3) is 0 Å². The molecule has 1 rings (SSSR count). The van der Waals surface area contributed by atoms with Crippen molar-refractivity contribution in [1.29, 1.82) is 0 Å². The molecule has 0 aliphatic heterocycles. The zero-order chi connectivity index (χ0) is 12.1. The molecule has 1 heterocycles. The van der Waals surface area contributed by atoms with E-state index in [2.05, 4.69) is 11.2 Å². The number of hydrogen-bond donors (Lipinski definition) is 2. The summed E-state index contributed by atoms with van der Waals surface area (Å²) in [5, 5.41) is 2.74. The van der Waals surface area contributed by atoms with Gasteiger partial charge in [0, 0.05) is 6.42 Å². The van der Waals surface area contributed by atoms with Crippen LogP contribution in [0.25, 0.3) is 0 Å².